The zero-order chi connectivity index (χ0) is 26.1. The summed E-state index contributed by atoms with van der Waals surface area (Å²) in [4.78, 5) is 22.7. The zero-order valence-corrected chi connectivity index (χ0v) is 22.4. The van der Waals surface area contributed by atoms with Crippen molar-refractivity contribution >= 4 is 17.7 Å². The van der Waals surface area contributed by atoms with Crippen LogP contribution in [-0.2, 0) is 16.0 Å². The van der Waals surface area contributed by atoms with E-state index < -0.39 is 0 Å². The van der Waals surface area contributed by atoms with Gasteiger partial charge in [0.2, 0.25) is 5.91 Å². The van der Waals surface area contributed by atoms with Crippen LogP contribution in [0.5, 0.6) is 5.75 Å². The lowest BCUT2D eigenvalue weighted by molar-refractivity contribution is -0.131. The lowest BCUT2D eigenvalue weighted by Crippen LogP contribution is -2.41. The number of anilines is 1. The number of benzene rings is 2. The van der Waals surface area contributed by atoms with Crippen molar-refractivity contribution in [3.05, 3.63) is 76.9 Å². The second-order valence-corrected chi connectivity index (χ2v) is 10.5. The summed E-state index contributed by atoms with van der Waals surface area (Å²) >= 11 is 0. The van der Waals surface area contributed by atoms with Gasteiger partial charge < -0.3 is 23.8 Å². The fraction of sp³-hybridized carbons (Fsp3) is 0.419. The monoisotopic (exact) mass is 512 g/mol. The van der Waals surface area contributed by atoms with Gasteiger partial charge in [0.25, 0.3) is 0 Å². The average molecular weight is 513 g/mol. The number of rotatable bonds is 5. The number of carbonyl (C=O) groups excluding carboxylic acids is 1. The fourth-order valence-electron chi connectivity index (χ4n) is 6.13. The highest BCUT2D eigenvalue weighted by molar-refractivity contribution is 5.99. The Balaban J connectivity index is 1.24. The Hall–Kier alpha value is -3.58. The van der Waals surface area contributed by atoms with E-state index in [9.17, 15) is 4.79 Å². The summed E-state index contributed by atoms with van der Waals surface area (Å²) in [6.45, 7) is 6.23. The summed E-state index contributed by atoms with van der Waals surface area (Å²) in [5, 5.41) is 0. The molecule has 6 rings (SSSR count). The summed E-state index contributed by atoms with van der Waals surface area (Å²) in [6.07, 6.45) is 10.8. The quantitative estimate of drug-likeness (QED) is 0.445. The molecule has 3 aromatic rings. The third kappa shape index (κ3) is 4.83. The summed E-state index contributed by atoms with van der Waals surface area (Å²) in [5.41, 5.74) is 7.73. The molecule has 3 aliphatic rings. The van der Waals surface area contributed by atoms with Crippen LogP contribution in [0, 0.1) is 6.92 Å². The molecule has 7 heteroatoms. The number of ether oxygens (including phenoxy) is 2. The van der Waals surface area contributed by atoms with E-state index in [1.165, 1.54) is 16.8 Å². The van der Waals surface area contributed by atoms with E-state index in [1.807, 2.05) is 35.9 Å². The molecule has 1 atom stereocenters. The summed E-state index contributed by atoms with van der Waals surface area (Å²) in [6, 6.07) is 13.1. The smallest absolute Gasteiger partial charge is 0.250 e. The predicted molar refractivity (Wildman–Crippen MR) is 149 cm³/mol. The van der Waals surface area contributed by atoms with Gasteiger partial charge in [-0.3, -0.25) is 4.79 Å². The van der Waals surface area contributed by atoms with Crippen molar-refractivity contribution < 1.29 is 14.3 Å². The molecule has 0 bridgehead atoms. The Morgan fingerprint density at radius 2 is 1.92 bits per heavy atom. The van der Waals surface area contributed by atoms with Crippen molar-refractivity contribution in [2.75, 3.05) is 44.9 Å². The van der Waals surface area contributed by atoms with Gasteiger partial charge in [-0.05, 0) is 86.1 Å². The first-order valence-electron chi connectivity index (χ1n) is 13.8. The Morgan fingerprint density at radius 3 is 2.71 bits per heavy atom. The highest BCUT2D eigenvalue weighted by Crippen LogP contribution is 2.39. The number of aromatic nitrogens is 2. The maximum Gasteiger partial charge on any atom is 0.250 e. The number of aryl methyl sites for hydroxylation is 2. The molecule has 0 saturated carbocycles. The van der Waals surface area contributed by atoms with Gasteiger partial charge in [-0.2, -0.15) is 0 Å². The van der Waals surface area contributed by atoms with Crippen molar-refractivity contribution in [2.45, 2.75) is 45.1 Å². The maximum atomic E-state index is 13.8. The number of methoxy groups -OCH3 is 1. The number of hydrogen-bond acceptors (Lipinski definition) is 5. The highest BCUT2D eigenvalue weighted by Gasteiger charge is 2.33. The van der Waals surface area contributed by atoms with Gasteiger partial charge in [-0.1, -0.05) is 12.1 Å². The third-order valence-corrected chi connectivity index (χ3v) is 8.08. The Bertz CT molecular complexity index is 1350. The number of piperidine rings is 1. The molecule has 1 aromatic heterocycles. The van der Waals surface area contributed by atoms with Gasteiger partial charge in [-0.25, -0.2) is 4.98 Å². The minimum atomic E-state index is 0.148. The van der Waals surface area contributed by atoms with Crippen molar-refractivity contribution in [3.8, 4) is 11.4 Å². The first-order valence-corrected chi connectivity index (χ1v) is 13.8. The summed E-state index contributed by atoms with van der Waals surface area (Å²) in [7, 11) is 1.68. The SMILES string of the molecule is COc1cc(C=C2CCCN([C@@H]3CCCc4cc(N5CCOCC5)ccc43)C2=O)ccc1-n1cnc(C)c1. The fourth-order valence-corrected chi connectivity index (χ4v) is 6.13. The van der Waals surface area contributed by atoms with Crippen molar-refractivity contribution in [1.29, 1.82) is 0 Å². The largest absolute Gasteiger partial charge is 0.495 e. The van der Waals surface area contributed by atoms with Gasteiger partial charge >= 0.3 is 0 Å². The van der Waals surface area contributed by atoms with E-state index in [1.54, 1.807) is 13.4 Å². The number of amides is 1. The molecule has 7 nitrogen and oxygen atoms in total. The molecule has 2 saturated heterocycles. The third-order valence-electron chi connectivity index (χ3n) is 8.08. The molecule has 198 valence electrons. The van der Waals surface area contributed by atoms with E-state index in [0.29, 0.717) is 0 Å². The van der Waals surface area contributed by atoms with Gasteiger partial charge in [0, 0.05) is 37.1 Å². The number of likely N-dealkylation sites (tertiary alicyclic amines) is 1. The van der Waals surface area contributed by atoms with Crippen molar-refractivity contribution in [3.63, 3.8) is 0 Å². The molecule has 0 spiro atoms. The minimum Gasteiger partial charge on any atom is -0.495 e. The van der Waals surface area contributed by atoms with Crippen LogP contribution in [0.2, 0.25) is 0 Å². The summed E-state index contributed by atoms with van der Waals surface area (Å²) in [5.74, 6) is 0.925. The van der Waals surface area contributed by atoms with E-state index in [2.05, 4.69) is 39.0 Å². The standard InChI is InChI=1S/C31H36N4O3/c1-22-20-34(21-32-22)29-11-8-23(18-30(29)37-2)17-25-6-4-12-35(31(25)36)28-7-3-5-24-19-26(9-10-27(24)28)33-13-15-38-16-14-33/h8-11,17-21,28H,3-7,12-16H2,1-2H3/t28-/m1/s1. The number of hydrogen-bond donors (Lipinski definition) is 0. The maximum absolute atomic E-state index is 13.8. The molecule has 2 aliphatic heterocycles. The highest BCUT2D eigenvalue weighted by atomic mass is 16.5. The van der Waals surface area contributed by atoms with E-state index in [-0.39, 0.29) is 11.9 Å². The van der Waals surface area contributed by atoms with E-state index in [0.717, 1.165) is 93.2 Å². The predicted octanol–water partition coefficient (Wildman–Crippen LogP) is 5.11. The minimum absolute atomic E-state index is 0.148. The first kappa shape index (κ1) is 24.7. The van der Waals surface area contributed by atoms with Crippen LogP contribution >= 0.6 is 0 Å². The van der Waals surface area contributed by atoms with Crippen LogP contribution in [0.3, 0.4) is 0 Å². The number of morpholine rings is 1. The summed E-state index contributed by atoms with van der Waals surface area (Å²) < 4.78 is 13.2. The molecule has 38 heavy (non-hydrogen) atoms. The Kier molecular flexibility index (Phi) is 6.94. The van der Waals surface area contributed by atoms with E-state index >= 15 is 0 Å². The van der Waals surface area contributed by atoms with Crippen LogP contribution in [0.1, 0.15) is 54.1 Å². The lowest BCUT2D eigenvalue weighted by atomic mass is 9.85. The molecule has 2 fully saturated rings. The van der Waals surface area contributed by atoms with Gasteiger partial charge in [0.15, 0.2) is 0 Å². The first-order chi connectivity index (χ1) is 18.6. The molecule has 0 unspecified atom stereocenters. The molecule has 0 radical (unpaired) electrons. The number of carbonyl (C=O) groups is 1. The molecular weight excluding hydrogens is 476 g/mol. The lowest BCUT2D eigenvalue weighted by Gasteiger charge is -2.39. The van der Waals surface area contributed by atoms with Crippen molar-refractivity contribution in [1.82, 2.24) is 14.5 Å². The van der Waals surface area contributed by atoms with Crippen LogP contribution in [0.15, 0.2) is 54.5 Å². The topological polar surface area (TPSA) is 59.8 Å². The Morgan fingerprint density at radius 1 is 1.05 bits per heavy atom. The molecular formula is C31H36N4O3. The van der Waals surface area contributed by atoms with Crippen LogP contribution in [0.4, 0.5) is 5.69 Å². The molecule has 1 aliphatic carbocycles. The van der Waals surface area contributed by atoms with Gasteiger partial charge in [0.1, 0.15) is 5.75 Å². The number of nitrogens with zero attached hydrogens (tertiary/aromatic N) is 4. The Labute approximate surface area is 224 Å². The molecule has 1 amide bonds. The molecule has 3 heterocycles. The van der Waals surface area contributed by atoms with Gasteiger partial charge in [-0.15, -0.1) is 0 Å². The average Bonchev–Trinajstić information content (AvgIpc) is 3.40. The second-order valence-electron chi connectivity index (χ2n) is 10.5. The van der Waals surface area contributed by atoms with Crippen LogP contribution in [0.25, 0.3) is 11.8 Å². The van der Waals surface area contributed by atoms with Gasteiger partial charge in [0.05, 0.1) is 44.1 Å². The number of imidazole rings is 1. The van der Waals surface area contributed by atoms with Crippen LogP contribution in [-0.4, -0.2) is 60.3 Å². The molecule has 0 N–H and O–H groups in total. The molecule has 2 aromatic carbocycles. The van der Waals surface area contributed by atoms with E-state index in [4.69, 9.17) is 9.47 Å². The van der Waals surface area contributed by atoms with Crippen LogP contribution < -0.4 is 9.64 Å². The number of fused-ring (bicyclic) bond motifs is 1. The zero-order valence-electron chi connectivity index (χ0n) is 22.4. The second kappa shape index (κ2) is 10.7. The van der Waals surface area contributed by atoms with Crippen molar-refractivity contribution in [2.24, 2.45) is 0 Å². The normalized spacial score (nSPS) is 21.1.